The largest absolute Gasteiger partial charge is 0.493 e. The molecule has 2 atom stereocenters. The van der Waals surface area contributed by atoms with Gasteiger partial charge in [-0.1, -0.05) is 30.3 Å². The number of hydrogen-bond donors (Lipinski definition) is 1. The first-order valence-electron chi connectivity index (χ1n) is 7.07. The number of hydrogen-bond acceptors (Lipinski definition) is 5. The highest BCUT2D eigenvalue weighted by atomic mass is 16.5. The lowest BCUT2D eigenvalue weighted by Crippen LogP contribution is -2.22. The smallest absolute Gasteiger partial charge is 0.234 e. The zero-order valence-electron chi connectivity index (χ0n) is 11.6. The molecular formula is C15H19N3O2. The highest BCUT2D eigenvalue weighted by Gasteiger charge is 2.27. The van der Waals surface area contributed by atoms with E-state index in [0.29, 0.717) is 24.7 Å². The van der Waals surface area contributed by atoms with Crippen molar-refractivity contribution in [3.8, 4) is 5.75 Å². The van der Waals surface area contributed by atoms with E-state index in [4.69, 9.17) is 15.0 Å². The third kappa shape index (κ3) is 2.54. The molecule has 5 nitrogen and oxygen atoms in total. The van der Waals surface area contributed by atoms with E-state index >= 15 is 0 Å². The van der Waals surface area contributed by atoms with Crippen LogP contribution in [0, 0.1) is 0 Å². The summed E-state index contributed by atoms with van der Waals surface area (Å²) in [6, 6.07) is 8.10. The first-order valence-corrected chi connectivity index (χ1v) is 7.07. The minimum absolute atomic E-state index is 0.0856. The summed E-state index contributed by atoms with van der Waals surface area (Å²) in [5.41, 5.74) is 7.05. The average molecular weight is 273 g/mol. The standard InChI is InChI=1S/C15H19N3O2/c1-2-10(16)9-14-17-15(20-18-14)12-7-8-19-13-6-4-3-5-11(12)13/h3-6,10,12H,2,7-9,16H2,1H3. The van der Waals surface area contributed by atoms with Crippen molar-refractivity contribution in [2.75, 3.05) is 6.61 Å². The number of nitrogens with two attached hydrogens (primary N) is 1. The summed E-state index contributed by atoms with van der Waals surface area (Å²) in [6.07, 6.45) is 2.42. The maximum atomic E-state index is 5.93. The summed E-state index contributed by atoms with van der Waals surface area (Å²) in [5, 5.41) is 4.05. The van der Waals surface area contributed by atoms with Gasteiger partial charge < -0.3 is 15.0 Å². The number of ether oxygens (including phenoxy) is 1. The van der Waals surface area contributed by atoms with Crippen molar-refractivity contribution in [1.29, 1.82) is 0 Å². The van der Waals surface area contributed by atoms with Gasteiger partial charge in [0.2, 0.25) is 5.89 Å². The van der Waals surface area contributed by atoms with Gasteiger partial charge in [-0.3, -0.25) is 0 Å². The van der Waals surface area contributed by atoms with E-state index in [-0.39, 0.29) is 12.0 Å². The molecule has 0 bridgehead atoms. The van der Waals surface area contributed by atoms with Crippen molar-refractivity contribution in [2.45, 2.75) is 38.1 Å². The molecule has 0 aliphatic carbocycles. The predicted molar refractivity (Wildman–Crippen MR) is 74.7 cm³/mol. The first kappa shape index (κ1) is 13.1. The Balaban J connectivity index is 1.84. The number of rotatable bonds is 4. The highest BCUT2D eigenvalue weighted by molar-refractivity contribution is 5.40. The van der Waals surface area contributed by atoms with Crippen molar-refractivity contribution in [3.05, 3.63) is 41.5 Å². The number of benzene rings is 1. The summed E-state index contributed by atoms with van der Waals surface area (Å²) >= 11 is 0. The van der Waals surface area contributed by atoms with Crippen LogP contribution in [-0.2, 0) is 6.42 Å². The van der Waals surface area contributed by atoms with Crippen LogP contribution >= 0.6 is 0 Å². The lowest BCUT2D eigenvalue weighted by molar-refractivity contribution is 0.256. The van der Waals surface area contributed by atoms with Gasteiger partial charge in [0, 0.05) is 18.0 Å². The molecule has 2 aromatic rings. The van der Waals surface area contributed by atoms with Crippen molar-refractivity contribution in [2.24, 2.45) is 5.73 Å². The number of nitrogens with zero attached hydrogens (tertiary/aromatic N) is 2. The van der Waals surface area contributed by atoms with E-state index < -0.39 is 0 Å². The molecule has 20 heavy (non-hydrogen) atoms. The Kier molecular flexibility index (Phi) is 3.69. The van der Waals surface area contributed by atoms with E-state index in [1.165, 1.54) is 0 Å². The SMILES string of the molecule is CCC(N)Cc1noc(C2CCOc3ccccc32)n1. The topological polar surface area (TPSA) is 74.2 Å². The Morgan fingerprint density at radius 2 is 2.25 bits per heavy atom. The van der Waals surface area contributed by atoms with Crippen LogP contribution in [0.2, 0.25) is 0 Å². The fraction of sp³-hybridized carbons (Fsp3) is 0.467. The Morgan fingerprint density at radius 1 is 1.40 bits per heavy atom. The zero-order valence-corrected chi connectivity index (χ0v) is 11.6. The normalized spacial score (nSPS) is 19.2. The van der Waals surface area contributed by atoms with Crippen LogP contribution < -0.4 is 10.5 Å². The molecule has 2 heterocycles. The molecule has 0 fully saturated rings. The van der Waals surface area contributed by atoms with Gasteiger partial charge in [-0.25, -0.2) is 0 Å². The quantitative estimate of drug-likeness (QED) is 0.925. The van der Waals surface area contributed by atoms with E-state index in [9.17, 15) is 0 Å². The van der Waals surface area contributed by atoms with Gasteiger partial charge in [0.1, 0.15) is 5.75 Å². The molecule has 0 saturated heterocycles. The molecular weight excluding hydrogens is 254 g/mol. The molecule has 106 valence electrons. The molecule has 5 heteroatoms. The first-order chi connectivity index (χ1) is 9.78. The van der Waals surface area contributed by atoms with Crippen LogP contribution in [0.3, 0.4) is 0 Å². The molecule has 0 radical (unpaired) electrons. The number of para-hydroxylation sites is 1. The van der Waals surface area contributed by atoms with Gasteiger partial charge in [0.15, 0.2) is 5.82 Å². The van der Waals surface area contributed by atoms with Crippen LogP contribution in [-0.4, -0.2) is 22.8 Å². The van der Waals surface area contributed by atoms with Gasteiger partial charge in [0.25, 0.3) is 0 Å². The molecule has 1 aromatic carbocycles. The Bertz CT molecular complexity index is 582. The molecule has 1 aliphatic rings. The second kappa shape index (κ2) is 5.63. The fourth-order valence-corrected chi connectivity index (χ4v) is 2.47. The van der Waals surface area contributed by atoms with Crippen LogP contribution in [0.15, 0.2) is 28.8 Å². The second-order valence-corrected chi connectivity index (χ2v) is 5.15. The van der Waals surface area contributed by atoms with Crippen molar-refractivity contribution >= 4 is 0 Å². The third-order valence-electron chi connectivity index (χ3n) is 3.71. The van der Waals surface area contributed by atoms with Crippen molar-refractivity contribution in [1.82, 2.24) is 10.1 Å². The van der Waals surface area contributed by atoms with Crippen molar-refractivity contribution in [3.63, 3.8) is 0 Å². The number of aromatic nitrogens is 2. The monoisotopic (exact) mass is 273 g/mol. The molecule has 3 rings (SSSR count). The summed E-state index contributed by atoms with van der Waals surface area (Å²) in [6.45, 7) is 2.73. The zero-order chi connectivity index (χ0) is 13.9. The molecule has 2 unspecified atom stereocenters. The number of fused-ring (bicyclic) bond motifs is 1. The van der Waals surface area contributed by atoms with Crippen LogP contribution in [0.25, 0.3) is 0 Å². The second-order valence-electron chi connectivity index (χ2n) is 5.15. The lowest BCUT2D eigenvalue weighted by Gasteiger charge is -2.22. The van der Waals surface area contributed by atoms with E-state index in [2.05, 4.69) is 23.1 Å². The maximum absolute atomic E-state index is 5.93. The van der Waals surface area contributed by atoms with Gasteiger partial charge in [0.05, 0.1) is 12.5 Å². The molecule has 1 aromatic heterocycles. The highest BCUT2D eigenvalue weighted by Crippen LogP contribution is 2.37. The van der Waals surface area contributed by atoms with Gasteiger partial charge >= 0.3 is 0 Å². The summed E-state index contributed by atoms with van der Waals surface area (Å²) < 4.78 is 11.1. The van der Waals surface area contributed by atoms with E-state index in [1.807, 2.05) is 18.2 Å². The minimum Gasteiger partial charge on any atom is -0.493 e. The van der Waals surface area contributed by atoms with Gasteiger partial charge in [-0.05, 0) is 18.9 Å². The minimum atomic E-state index is 0.0856. The fourth-order valence-electron chi connectivity index (χ4n) is 2.47. The average Bonchev–Trinajstić information content (AvgIpc) is 2.94. The summed E-state index contributed by atoms with van der Waals surface area (Å²) in [4.78, 5) is 4.51. The van der Waals surface area contributed by atoms with Crippen LogP contribution in [0.4, 0.5) is 0 Å². The predicted octanol–water partition coefficient (Wildman–Crippen LogP) is 2.26. The van der Waals surface area contributed by atoms with Crippen molar-refractivity contribution < 1.29 is 9.26 Å². The van der Waals surface area contributed by atoms with Crippen LogP contribution in [0.5, 0.6) is 5.75 Å². The Morgan fingerprint density at radius 3 is 3.10 bits per heavy atom. The molecule has 0 amide bonds. The third-order valence-corrected chi connectivity index (χ3v) is 3.71. The Labute approximate surface area is 118 Å². The summed E-state index contributed by atoms with van der Waals surface area (Å²) in [5.74, 6) is 2.39. The lowest BCUT2D eigenvalue weighted by atomic mass is 9.93. The molecule has 0 saturated carbocycles. The molecule has 0 spiro atoms. The Hall–Kier alpha value is -1.88. The van der Waals surface area contributed by atoms with Gasteiger partial charge in [-0.15, -0.1) is 0 Å². The van der Waals surface area contributed by atoms with E-state index in [1.54, 1.807) is 0 Å². The molecule has 1 aliphatic heterocycles. The van der Waals surface area contributed by atoms with Crippen LogP contribution in [0.1, 0.15) is 43.0 Å². The maximum Gasteiger partial charge on any atom is 0.234 e. The summed E-state index contributed by atoms with van der Waals surface area (Å²) in [7, 11) is 0. The van der Waals surface area contributed by atoms with E-state index in [0.717, 1.165) is 24.2 Å². The van der Waals surface area contributed by atoms with Gasteiger partial charge in [-0.2, -0.15) is 4.98 Å². The molecule has 2 N–H and O–H groups in total.